The average molecular weight is 404 g/mol. The highest BCUT2D eigenvalue weighted by Crippen LogP contribution is 2.13. The van der Waals surface area contributed by atoms with Gasteiger partial charge in [0.05, 0.1) is 10.5 Å². The zero-order valence-electron chi connectivity index (χ0n) is 16.0. The third-order valence-electron chi connectivity index (χ3n) is 3.88. The number of hydrogen-bond donors (Lipinski definition) is 3. The fraction of sp³-hybridized carbons (Fsp3) is 0.316. The van der Waals surface area contributed by atoms with Gasteiger partial charge < -0.3 is 0 Å². The number of nitrogens with zero attached hydrogens (tertiary/aromatic N) is 1. The number of sulfonamides is 1. The Bertz CT molecular complexity index is 913. The van der Waals surface area contributed by atoms with Crippen LogP contribution in [0.1, 0.15) is 36.2 Å². The Morgan fingerprint density at radius 2 is 1.75 bits per heavy atom. The molecular weight excluding hydrogens is 380 g/mol. The molecule has 3 N–H and O–H groups in total. The molecular formula is C19H24N4O4S. The van der Waals surface area contributed by atoms with Crippen molar-refractivity contribution in [3.8, 4) is 0 Å². The van der Waals surface area contributed by atoms with E-state index in [1.54, 1.807) is 24.3 Å². The van der Waals surface area contributed by atoms with E-state index in [1.807, 2.05) is 20.8 Å². The fourth-order valence-electron chi connectivity index (χ4n) is 2.43. The van der Waals surface area contributed by atoms with Crippen LogP contribution in [0.4, 0.5) is 0 Å². The Hall–Kier alpha value is -2.78. The number of aromatic nitrogens is 1. The fourth-order valence-corrected chi connectivity index (χ4v) is 3.64. The normalized spacial score (nSPS) is 12.4. The number of hydrogen-bond acceptors (Lipinski definition) is 5. The van der Waals surface area contributed by atoms with Gasteiger partial charge in [-0.25, -0.2) is 8.42 Å². The molecule has 0 spiro atoms. The minimum Gasteiger partial charge on any atom is -0.271 e. The molecule has 0 saturated carbocycles. The molecule has 0 aliphatic carbocycles. The minimum absolute atomic E-state index is 0.0468. The zero-order chi connectivity index (χ0) is 20.7. The van der Waals surface area contributed by atoms with Gasteiger partial charge in [-0.3, -0.25) is 25.4 Å². The van der Waals surface area contributed by atoms with Crippen LogP contribution in [0.15, 0.2) is 53.7 Å². The second-order valence-corrected chi connectivity index (χ2v) is 8.52. The van der Waals surface area contributed by atoms with Crippen molar-refractivity contribution in [1.82, 2.24) is 20.6 Å². The monoisotopic (exact) mass is 404 g/mol. The second kappa shape index (κ2) is 9.43. The quantitative estimate of drug-likeness (QED) is 0.605. The lowest BCUT2D eigenvalue weighted by molar-refractivity contribution is -0.123. The largest absolute Gasteiger partial charge is 0.271 e. The second-order valence-electron chi connectivity index (χ2n) is 6.80. The molecule has 1 atom stereocenters. The van der Waals surface area contributed by atoms with Crippen LogP contribution < -0.4 is 15.6 Å². The first kappa shape index (κ1) is 21.5. The lowest BCUT2D eigenvalue weighted by atomic mass is 10.0. The summed E-state index contributed by atoms with van der Waals surface area (Å²) < 4.78 is 27.6. The Balaban J connectivity index is 2.08. The smallest absolute Gasteiger partial charge is 0.271 e. The molecule has 150 valence electrons. The van der Waals surface area contributed by atoms with Crippen molar-refractivity contribution in [3.63, 3.8) is 0 Å². The van der Waals surface area contributed by atoms with Gasteiger partial charge in [-0.05, 0) is 43.5 Å². The molecule has 2 aromatic rings. The molecule has 28 heavy (non-hydrogen) atoms. The molecule has 1 heterocycles. The van der Waals surface area contributed by atoms with Crippen molar-refractivity contribution in [2.45, 2.75) is 38.1 Å². The Labute approximate surface area is 164 Å². The molecule has 0 bridgehead atoms. The van der Waals surface area contributed by atoms with Gasteiger partial charge in [0.1, 0.15) is 6.04 Å². The van der Waals surface area contributed by atoms with Crippen molar-refractivity contribution in [3.05, 3.63) is 59.9 Å². The molecule has 0 saturated heterocycles. The van der Waals surface area contributed by atoms with Crippen molar-refractivity contribution < 1.29 is 18.0 Å². The molecule has 0 aliphatic rings. The summed E-state index contributed by atoms with van der Waals surface area (Å²) in [5.41, 5.74) is 5.74. The number of nitrogens with one attached hydrogen (secondary N) is 3. The van der Waals surface area contributed by atoms with E-state index < -0.39 is 27.9 Å². The van der Waals surface area contributed by atoms with Crippen LogP contribution in [-0.4, -0.2) is 31.3 Å². The molecule has 2 rings (SSSR count). The van der Waals surface area contributed by atoms with Crippen molar-refractivity contribution in [2.75, 3.05) is 0 Å². The Morgan fingerprint density at radius 3 is 2.32 bits per heavy atom. The van der Waals surface area contributed by atoms with Gasteiger partial charge in [0.25, 0.3) is 11.8 Å². The van der Waals surface area contributed by atoms with Gasteiger partial charge in [-0.15, -0.1) is 0 Å². The molecule has 2 amide bonds. The van der Waals surface area contributed by atoms with E-state index in [2.05, 4.69) is 20.6 Å². The first-order chi connectivity index (χ1) is 13.2. The van der Waals surface area contributed by atoms with Crippen molar-refractivity contribution in [1.29, 1.82) is 0 Å². The summed E-state index contributed by atoms with van der Waals surface area (Å²) in [6.45, 7) is 5.59. The average Bonchev–Trinajstić information content (AvgIpc) is 2.65. The molecule has 9 heteroatoms. The summed E-state index contributed by atoms with van der Waals surface area (Å²) in [7, 11) is -3.89. The highest BCUT2D eigenvalue weighted by atomic mass is 32.2. The van der Waals surface area contributed by atoms with E-state index in [9.17, 15) is 18.0 Å². The highest BCUT2D eigenvalue weighted by molar-refractivity contribution is 7.89. The predicted octanol–water partition coefficient (Wildman–Crippen LogP) is 1.54. The summed E-state index contributed by atoms with van der Waals surface area (Å²) in [5.74, 6) is -1.15. The van der Waals surface area contributed by atoms with E-state index in [0.717, 1.165) is 5.56 Å². The van der Waals surface area contributed by atoms with Gasteiger partial charge in [0, 0.05) is 12.4 Å². The van der Waals surface area contributed by atoms with Gasteiger partial charge in [0.2, 0.25) is 10.0 Å². The number of pyridine rings is 1. The number of carbonyl (C=O) groups excluding carboxylic acids is 2. The molecule has 0 aliphatic heterocycles. The van der Waals surface area contributed by atoms with Gasteiger partial charge in [-0.1, -0.05) is 31.5 Å². The first-order valence-electron chi connectivity index (χ1n) is 8.78. The van der Waals surface area contributed by atoms with Crippen molar-refractivity contribution >= 4 is 21.8 Å². The molecule has 1 aromatic carbocycles. The SMILES string of the molecule is Cc1ccc(S(=O)(=O)NC(CC(C)C)C(=O)NNC(=O)c2cccnc2)cc1. The standard InChI is InChI=1S/C19H24N4O4S/c1-13(2)11-17(23-28(26,27)16-8-6-14(3)7-9-16)19(25)22-21-18(24)15-5-4-10-20-12-15/h4-10,12-13,17,23H,11H2,1-3H3,(H,21,24)(H,22,25). The number of rotatable bonds is 7. The van der Waals surface area contributed by atoms with Crippen LogP contribution in [-0.2, 0) is 14.8 Å². The summed E-state index contributed by atoms with van der Waals surface area (Å²) in [6, 6.07) is 8.41. The number of carbonyl (C=O) groups is 2. The lowest BCUT2D eigenvalue weighted by Crippen LogP contribution is -2.52. The van der Waals surface area contributed by atoms with Crippen LogP contribution in [0.25, 0.3) is 0 Å². The van der Waals surface area contributed by atoms with Crippen LogP contribution >= 0.6 is 0 Å². The van der Waals surface area contributed by atoms with Crippen molar-refractivity contribution in [2.24, 2.45) is 5.92 Å². The summed E-state index contributed by atoms with van der Waals surface area (Å²) in [4.78, 5) is 28.4. The van der Waals surface area contributed by atoms with Gasteiger partial charge >= 0.3 is 0 Å². The Kier molecular flexibility index (Phi) is 7.24. The van der Waals surface area contributed by atoms with Crippen LogP contribution in [0.3, 0.4) is 0 Å². The summed E-state index contributed by atoms with van der Waals surface area (Å²) in [6.07, 6.45) is 3.14. The van der Waals surface area contributed by atoms with Crippen LogP contribution in [0.5, 0.6) is 0 Å². The number of benzene rings is 1. The maximum absolute atomic E-state index is 12.6. The maximum atomic E-state index is 12.6. The maximum Gasteiger partial charge on any atom is 0.271 e. The predicted molar refractivity (Wildman–Crippen MR) is 105 cm³/mol. The van der Waals surface area contributed by atoms with E-state index >= 15 is 0 Å². The minimum atomic E-state index is -3.89. The van der Waals surface area contributed by atoms with Crippen LogP contribution in [0, 0.1) is 12.8 Å². The number of aryl methyl sites for hydroxylation is 1. The molecule has 0 radical (unpaired) electrons. The molecule has 0 fully saturated rings. The summed E-state index contributed by atoms with van der Waals surface area (Å²) >= 11 is 0. The van der Waals surface area contributed by atoms with E-state index in [-0.39, 0.29) is 22.8 Å². The lowest BCUT2D eigenvalue weighted by Gasteiger charge is -2.20. The third kappa shape index (κ3) is 6.14. The number of amides is 2. The first-order valence-corrected chi connectivity index (χ1v) is 10.3. The van der Waals surface area contributed by atoms with Gasteiger partial charge in [-0.2, -0.15) is 4.72 Å². The highest BCUT2D eigenvalue weighted by Gasteiger charge is 2.27. The summed E-state index contributed by atoms with van der Waals surface area (Å²) in [5, 5.41) is 0. The van der Waals surface area contributed by atoms with E-state index in [4.69, 9.17) is 0 Å². The molecule has 1 aromatic heterocycles. The van der Waals surface area contributed by atoms with E-state index in [0.29, 0.717) is 0 Å². The van der Waals surface area contributed by atoms with E-state index in [1.165, 1.54) is 24.5 Å². The van der Waals surface area contributed by atoms with Crippen LogP contribution in [0.2, 0.25) is 0 Å². The van der Waals surface area contributed by atoms with Gasteiger partial charge in [0.15, 0.2) is 0 Å². The zero-order valence-corrected chi connectivity index (χ0v) is 16.8. The third-order valence-corrected chi connectivity index (χ3v) is 5.36. The molecule has 8 nitrogen and oxygen atoms in total. The topological polar surface area (TPSA) is 117 Å². The molecule has 1 unspecified atom stereocenters. The Morgan fingerprint density at radius 1 is 1.07 bits per heavy atom. The number of hydrazine groups is 1.